The Balaban J connectivity index is 1.68. The lowest BCUT2D eigenvalue weighted by molar-refractivity contribution is 0.475. The number of rotatable bonds is 3. The third kappa shape index (κ3) is 3.01. The Labute approximate surface area is 136 Å². The third-order valence-corrected chi connectivity index (χ3v) is 4.75. The quantitative estimate of drug-likeness (QED) is 0.911. The lowest BCUT2D eigenvalue weighted by Gasteiger charge is -2.32. The average molecular weight is 310 g/mol. The number of anilines is 1. The summed E-state index contributed by atoms with van der Waals surface area (Å²) in [4.78, 5) is 11.8. The minimum atomic E-state index is 0.244. The number of nitrogens with zero attached hydrogens (tertiary/aromatic N) is 3. The molecule has 1 aromatic carbocycles. The molecule has 2 aromatic rings. The van der Waals surface area contributed by atoms with Crippen molar-refractivity contribution in [2.75, 3.05) is 18.0 Å². The molecule has 0 spiro atoms. The zero-order valence-corrected chi connectivity index (χ0v) is 13.2. The number of piperidine rings is 1. The van der Waals surface area contributed by atoms with Crippen LogP contribution in [0.2, 0.25) is 0 Å². The molecule has 0 unspecified atom stereocenters. The first-order chi connectivity index (χ1) is 11.2. The van der Waals surface area contributed by atoms with Gasteiger partial charge in [0, 0.05) is 30.6 Å². The van der Waals surface area contributed by atoms with Gasteiger partial charge in [0.25, 0.3) is 0 Å². The van der Waals surface area contributed by atoms with E-state index in [1.165, 1.54) is 18.5 Å². The van der Waals surface area contributed by atoms with E-state index in [2.05, 4.69) is 9.88 Å². The molecule has 5 nitrogen and oxygen atoms in total. The van der Waals surface area contributed by atoms with E-state index in [9.17, 15) is 5.11 Å². The summed E-state index contributed by atoms with van der Waals surface area (Å²) in [5.41, 5.74) is 9.21. The topological polar surface area (TPSA) is 75.3 Å². The van der Waals surface area contributed by atoms with Crippen molar-refractivity contribution in [3.63, 3.8) is 0 Å². The molecule has 1 aliphatic carbocycles. The van der Waals surface area contributed by atoms with E-state index in [0.29, 0.717) is 17.8 Å². The molecule has 3 N–H and O–H groups in total. The van der Waals surface area contributed by atoms with E-state index in [0.717, 1.165) is 37.2 Å². The zero-order chi connectivity index (χ0) is 15.8. The molecule has 2 fully saturated rings. The maximum atomic E-state index is 9.67. The predicted molar refractivity (Wildman–Crippen MR) is 90.5 cm³/mol. The zero-order valence-electron chi connectivity index (χ0n) is 13.2. The Kier molecular flexibility index (Phi) is 3.65. The van der Waals surface area contributed by atoms with E-state index in [4.69, 9.17) is 10.7 Å². The van der Waals surface area contributed by atoms with Crippen molar-refractivity contribution in [2.45, 2.75) is 37.6 Å². The number of benzene rings is 1. The highest BCUT2D eigenvalue weighted by Crippen LogP contribution is 2.44. The molecule has 1 saturated heterocycles. The minimum Gasteiger partial charge on any atom is -0.508 e. The van der Waals surface area contributed by atoms with Gasteiger partial charge in [0.1, 0.15) is 5.75 Å². The first-order valence-corrected chi connectivity index (χ1v) is 8.37. The third-order valence-electron chi connectivity index (χ3n) is 4.75. The van der Waals surface area contributed by atoms with Gasteiger partial charge in [0.05, 0.1) is 17.6 Å². The number of hydrogen-bond acceptors (Lipinski definition) is 5. The molecule has 1 aliphatic heterocycles. The fraction of sp³-hybridized carbons (Fsp3) is 0.444. The number of phenolic OH excluding ortho intramolecular Hbond substituents is 1. The first-order valence-electron chi connectivity index (χ1n) is 8.37. The Morgan fingerprint density at radius 1 is 1.13 bits per heavy atom. The summed E-state index contributed by atoms with van der Waals surface area (Å²) in [6.45, 7) is 1.96. The second-order valence-electron chi connectivity index (χ2n) is 6.61. The Morgan fingerprint density at radius 2 is 1.91 bits per heavy atom. The lowest BCUT2D eigenvalue weighted by atomic mass is 10.0. The Hall–Kier alpha value is -2.14. The van der Waals surface area contributed by atoms with Crippen LogP contribution in [0.25, 0.3) is 11.4 Å². The molecule has 23 heavy (non-hydrogen) atoms. The van der Waals surface area contributed by atoms with Crippen LogP contribution in [0.15, 0.2) is 30.5 Å². The van der Waals surface area contributed by atoms with Crippen LogP contribution in [0, 0.1) is 0 Å². The maximum Gasteiger partial charge on any atom is 0.159 e. The van der Waals surface area contributed by atoms with Crippen molar-refractivity contribution in [3.8, 4) is 17.1 Å². The van der Waals surface area contributed by atoms with Crippen molar-refractivity contribution >= 4 is 5.69 Å². The molecule has 0 atom stereocenters. The van der Waals surface area contributed by atoms with Crippen molar-refractivity contribution in [2.24, 2.45) is 5.73 Å². The minimum absolute atomic E-state index is 0.244. The molecule has 1 aromatic heterocycles. The summed E-state index contributed by atoms with van der Waals surface area (Å²) in [5, 5.41) is 9.67. The highest BCUT2D eigenvalue weighted by atomic mass is 16.3. The van der Waals surface area contributed by atoms with E-state index >= 15 is 0 Å². The molecular formula is C18H22N4O. The van der Waals surface area contributed by atoms with Crippen molar-refractivity contribution < 1.29 is 5.11 Å². The standard InChI is InChI=1S/C18H22N4O/c19-14-6-8-22(9-7-14)16-11-20-18(21-17(16)12-4-5-12)13-2-1-3-15(23)10-13/h1-3,10-12,14,23H,4-9,19H2. The SMILES string of the molecule is NC1CCN(c2cnc(-c3cccc(O)c3)nc2C2CC2)CC1. The fourth-order valence-corrected chi connectivity index (χ4v) is 3.21. The lowest BCUT2D eigenvalue weighted by Crippen LogP contribution is -2.40. The molecule has 0 bridgehead atoms. The van der Waals surface area contributed by atoms with Gasteiger partial charge in [-0.05, 0) is 37.8 Å². The highest BCUT2D eigenvalue weighted by Gasteiger charge is 2.31. The van der Waals surface area contributed by atoms with Gasteiger partial charge in [-0.15, -0.1) is 0 Å². The van der Waals surface area contributed by atoms with E-state index in [-0.39, 0.29) is 5.75 Å². The van der Waals surface area contributed by atoms with Crippen LogP contribution >= 0.6 is 0 Å². The van der Waals surface area contributed by atoms with Gasteiger partial charge in [-0.1, -0.05) is 12.1 Å². The fourth-order valence-electron chi connectivity index (χ4n) is 3.21. The van der Waals surface area contributed by atoms with Gasteiger partial charge < -0.3 is 15.7 Å². The summed E-state index contributed by atoms with van der Waals surface area (Å²) in [7, 11) is 0. The second-order valence-corrected chi connectivity index (χ2v) is 6.61. The van der Waals surface area contributed by atoms with E-state index in [1.54, 1.807) is 12.1 Å². The van der Waals surface area contributed by atoms with Crippen LogP contribution in [0.3, 0.4) is 0 Å². The van der Waals surface area contributed by atoms with Crippen LogP contribution in [0.5, 0.6) is 5.75 Å². The molecule has 2 aliphatic rings. The molecule has 1 saturated carbocycles. The van der Waals surface area contributed by atoms with Gasteiger partial charge in [0.15, 0.2) is 5.82 Å². The van der Waals surface area contributed by atoms with Gasteiger partial charge in [-0.25, -0.2) is 9.97 Å². The molecule has 0 amide bonds. The molecule has 5 heteroatoms. The van der Waals surface area contributed by atoms with E-state index in [1.807, 2.05) is 18.3 Å². The van der Waals surface area contributed by atoms with Crippen LogP contribution in [0.1, 0.15) is 37.3 Å². The molecule has 0 radical (unpaired) electrons. The van der Waals surface area contributed by atoms with Crippen LogP contribution < -0.4 is 10.6 Å². The van der Waals surface area contributed by atoms with Crippen LogP contribution in [-0.4, -0.2) is 34.2 Å². The monoisotopic (exact) mass is 310 g/mol. The van der Waals surface area contributed by atoms with Gasteiger partial charge >= 0.3 is 0 Å². The number of hydrogen-bond donors (Lipinski definition) is 2. The van der Waals surface area contributed by atoms with E-state index < -0.39 is 0 Å². The van der Waals surface area contributed by atoms with Crippen molar-refractivity contribution in [1.82, 2.24) is 9.97 Å². The summed E-state index contributed by atoms with van der Waals surface area (Å²) >= 11 is 0. The molecule has 120 valence electrons. The first kappa shape index (κ1) is 14.5. The molecular weight excluding hydrogens is 288 g/mol. The summed E-state index contributed by atoms with van der Waals surface area (Å²) in [6, 6.07) is 7.46. The highest BCUT2D eigenvalue weighted by molar-refractivity contribution is 5.61. The normalized spacial score (nSPS) is 19.1. The number of phenols is 1. The molecule has 2 heterocycles. The summed E-state index contributed by atoms with van der Waals surface area (Å²) < 4.78 is 0. The van der Waals surface area contributed by atoms with Crippen molar-refractivity contribution in [3.05, 3.63) is 36.2 Å². The van der Waals surface area contributed by atoms with Gasteiger partial charge in [-0.3, -0.25) is 0 Å². The largest absolute Gasteiger partial charge is 0.508 e. The summed E-state index contributed by atoms with van der Waals surface area (Å²) in [5.74, 6) is 1.49. The second kappa shape index (κ2) is 5.81. The Morgan fingerprint density at radius 3 is 2.61 bits per heavy atom. The smallest absolute Gasteiger partial charge is 0.159 e. The average Bonchev–Trinajstić information content (AvgIpc) is 3.40. The molecule has 4 rings (SSSR count). The predicted octanol–water partition coefficient (Wildman–Crippen LogP) is 2.65. The van der Waals surface area contributed by atoms with Crippen molar-refractivity contribution in [1.29, 1.82) is 0 Å². The van der Waals surface area contributed by atoms with Gasteiger partial charge in [0.2, 0.25) is 0 Å². The number of aromatic nitrogens is 2. The number of nitrogens with two attached hydrogens (primary N) is 1. The summed E-state index contributed by atoms with van der Waals surface area (Å²) in [6.07, 6.45) is 6.42. The van der Waals surface area contributed by atoms with Crippen LogP contribution in [0.4, 0.5) is 5.69 Å². The maximum absolute atomic E-state index is 9.67. The van der Waals surface area contributed by atoms with Gasteiger partial charge in [-0.2, -0.15) is 0 Å². The number of aromatic hydroxyl groups is 1. The Bertz CT molecular complexity index is 706. The van der Waals surface area contributed by atoms with Crippen LogP contribution in [-0.2, 0) is 0 Å².